The lowest BCUT2D eigenvalue weighted by Crippen LogP contribution is -2.14. The summed E-state index contributed by atoms with van der Waals surface area (Å²) in [6, 6.07) is 14.8. The van der Waals surface area contributed by atoms with Crippen molar-refractivity contribution >= 4 is 23.4 Å². The van der Waals surface area contributed by atoms with Crippen molar-refractivity contribution in [1.29, 1.82) is 0 Å². The first kappa shape index (κ1) is 17.9. The van der Waals surface area contributed by atoms with Crippen LogP contribution >= 0.6 is 11.8 Å². The molecule has 0 spiro atoms. The van der Waals surface area contributed by atoms with Crippen molar-refractivity contribution in [3.8, 4) is 17.1 Å². The number of aromatic nitrogens is 3. The van der Waals surface area contributed by atoms with Gasteiger partial charge in [-0.05, 0) is 37.3 Å². The van der Waals surface area contributed by atoms with Crippen LogP contribution in [-0.4, -0.2) is 33.7 Å². The molecule has 0 atom stereocenters. The summed E-state index contributed by atoms with van der Waals surface area (Å²) in [4.78, 5) is 25.4. The number of nitrogens with one attached hydrogen (secondary N) is 1. The van der Waals surface area contributed by atoms with E-state index >= 15 is 0 Å². The predicted octanol–water partition coefficient (Wildman–Crippen LogP) is 3.59. The zero-order valence-electron chi connectivity index (χ0n) is 14.5. The number of rotatable bonds is 6. The fourth-order valence-electron chi connectivity index (χ4n) is 2.33. The van der Waals surface area contributed by atoms with Crippen molar-refractivity contribution in [2.75, 3.05) is 18.2 Å². The highest BCUT2D eigenvalue weighted by molar-refractivity contribution is 7.99. The maximum Gasteiger partial charge on any atom is 0.234 e. The van der Waals surface area contributed by atoms with Gasteiger partial charge in [0.2, 0.25) is 5.91 Å². The minimum Gasteiger partial charge on any atom is -0.495 e. The van der Waals surface area contributed by atoms with Gasteiger partial charge in [0.25, 0.3) is 0 Å². The molecule has 0 radical (unpaired) electrons. The summed E-state index contributed by atoms with van der Waals surface area (Å²) in [5, 5.41) is 3.58. The van der Waals surface area contributed by atoms with Gasteiger partial charge in [0.05, 0.1) is 29.9 Å². The summed E-state index contributed by atoms with van der Waals surface area (Å²) >= 11 is 1.35. The van der Waals surface area contributed by atoms with E-state index in [1.807, 2.05) is 43.3 Å². The van der Waals surface area contributed by atoms with E-state index in [0.717, 1.165) is 16.4 Å². The largest absolute Gasteiger partial charge is 0.495 e. The first-order chi connectivity index (χ1) is 12.7. The van der Waals surface area contributed by atoms with Crippen LogP contribution in [0.2, 0.25) is 0 Å². The Kier molecular flexibility index (Phi) is 5.80. The van der Waals surface area contributed by atoms with Gasteiger partial charge in [0.1, 0.15) is 16.6 Å². The maximum atomic E-state index is 12.3. The van der Waals surface area contributed by atoms with Gasteiger partial charge in [-0.2, -0.15) is 0 Å². The van der Waals surface area contributed by atoms with E-state index < -0.39 is 0 Å². The zero-order chi connectivity index (χ0) is 18.4. The molecule has 0 aliphatic rings. The molecule has 0 unspecified atom stereocenters. The van der Waals surface area contributed by atoms with Crippen LogP contribution in [0.15, 0.2) is 59.8 Å². The summed E-state index contributed by atoms with van der Waals surface area (Å²) in [6.45, 7) is 1.82. The minimum atomic E-state index is -0.129. The molecule has 3 aromatic rings. The van der Waals surface area contributed by atoms with Gasteiger partial charge in [0.15, 0.2) is 0 Å². The highest BCUT2D eigenvalue weighted by Gasteiger charge is 2.10. The van der Waals surface area contributed by atoms with Crippen molar-refractivity contribution < 1.29 is 9.53 Å². The number of carbonyl (C=O) groups is 1. The molecule has 0 fully saturated rings. The van der Waals surface area contributed by atoms with Gasteiger partial charge in [-0.15, -0.1) is 0 Å². The lowest BCUT2D eigenvalue weighted by Gasteiger charge is -2.10. The van der Waals surface area contributed by atoms with Crippen LogP contribution in [0.25, 0.3) is 11.4 Å². The molecule has 3 rings (SSSR count). The Balaban J connectivity index is 1.68. The number of carbonyl (C=O) groups excluding carboxylic acids is 1. The monoisotopic (exact) mass is 366 g/mol. The molecule has 7 heteroatoms. The van der Waals surface area contributed by atoms with E-state index in [2.05, 4.69) is 20.3 Å². The van der Waals surface area contributed by atoms with E-state index in [9.17, 15) is 4.79 Å². The Labute approximate surface area is 156 Å². The molecular weight excluding hydrogens is 348 g/mol. The molecule has 0 saturated carbocycles. The van der Waals surface area contributed by atoms with Crippen LogP contribution < -0.4 is 10.1 Å². The van der Waals surface area contributed by atoms with E-state index in [4.69, 9.17) is 4.74 Å². The van der Waals surface area contributed by atoms with Gasteiger partial charge < -0.3 is 10.1 Å². The summed E-state index contributed by atoms with van der Waals surface area (Å²) in [7, 11) is 1.57. The molecule has 6 nitrogen and oxygen atoms in total. The third kappa shape index (κ3) is 4.58. The Morgan fingerprint density at radius 2 is 1.92 bits per heavy atom. The molecular formula is C19H18N4O2S. The minimum absolute atomic E-state index is 0.129. The smallest absolute Gasteiger partial charge is 0.234 e. The van der Waals surface area contributed by atoms with Crippen molar-refractivity contribution in [2.45, 2.75) is 11.9 Å². The van der Waals surface area contributed by atoms with Crippen molar-refractivity contribution in [2.24, 2.45) is 0 Å². The number of hydrogen-bond donors (Lipinski definition) is 1. The topological polar surface area (TPSA) is 77.0 Å². The number of pyridine rings is 1. The molecule has 0 saturated heterocycles. The van der Waals surface area contributed by atoms with Gasteiger partial charge in [0, 0.05) is 6.20 Å². The van der Waals surface area contributed by atoms with Gasteiger partial charge >= 0.3 is 0 Å². The predicted molar refractivity (Wildman–Crippen MR) is 102 cm³/mol. The normalized spacial score (nSPS) is 10.4. The molecule has 132 valence electrons. The van der Waals surface area contributed by atoms with E-state index in [0.29, 0.717) is 17.3 Å². The van der Waals surface area contributed by atoms with Crippen molar-refractivity contribution in [1.82, 2.24) is 15.0 Å². The first-order valence-corrected chi connectivity index (χ1v) is 8.97. The highest BCUT2D eigenvalue weighted by Crippen LogP contribution is 2.25. The Morgan fingerprint density at radius 3 is 2.69 bits per heavy atom. The third-order valence-corrected chi connectivity index (χ3v) is 4.39. The number of hydrogen-bond acceptors (Lipinski definition) is 6. The number of nitrogens with zero attached hydrogens (tertiary/aromatic N) is 3. The lowest BCUT2D eigenvalue weighted by atomic mass is 10.2. The summed E-state index contributed by atoms with van der Waals surface area (Å²) in [5.41, 5.74) is 2.16. The molecule has 2 aromatic heterocycles. The average molecular weight is 366 g/mol. The van der Waals surface area contributed by atoms with Crippen LogP contribution in [0, 0.1) is 6.92 Å². The second-order valence-electron chi connectivity index (χ2n) is 5.39. The van der Waals surface area contributed by atoms with Gasteiger partial charge in [-0.25, -0.2) is 9.97 Å². The number of ether oxygens (including phenoxy) is 1. The summed E-state index contributed by atoms with van der Waals surface area (Å²) < 4.78 is 5.24. The zero-order valence-corrected chi connectivity index (χ0v) is 15.3. The lowest BCUT2D eigenvalue weighted by molar-refractivity contribution is -0.113. The molecule has 1 aromatic carbocycles. The maximum absolute atomic E-state index is 12.3. The number of thioether (sulfide) groups is 1. The third-order valence-electron chi connectivity index (χ3n) is 3.47. The van der Waals surface area contributed by atoms with Crippen LogP contribution in [0.1, 0.15) is 5.82 Å². The molecule has 1 amide bonds. The van der Waals surface area contributed by atoms with Crippen molar-refractivity contribution in [3.05, 3.63) is 60.6 Å². The van der Waals surface area contributed by atoms with Gasteiger partial charge in [-0.1, -0.05) is 30.0 Å². The Hall–Kier alpha value is -2.93. The molecule has 0 bridgehead atoms. The standard InChI is InChI=1S/C19H18N4O2S/c1-13-21-16(14-7-5-6-10-20-14)11-19(22-13)26-12-18(24)23-15-8-3-4-9-17(15)25-2/h3-11H,12H2,1-2H3,(H,23,24). The quantitative estimate of drug-likeness (QED) is 0.531. The van der Waals surface area contributed by atoms with Crippen LogP contribution in [0.5, 0.6) is 5.75 Å². The fraction of sp³-hybridized carbons (Fsp3) is 0.158. The van der Waals surface area contributed by atoms with Crippen LogP contribution in [0.3, 0.4) is 0 Å². The second-order valence-corrected chi connectivity index (χ2v) is 6.39. The number of anilines is 1. The number of benzene rings is 1. The number of amides is 1. The molecule has 2 heterocycles. The Bertz CT molecular complexity index is 903. The first-order valence-electron chi connectivity index (χ1n) is 7.98. The summed E-state index contributed by atoms with van der Waals surface area (Å²) in [5.74, 6) is 1.37. The number of aryl methyl sites for hydroxylation is 1. The summed E-state index contributed by atoms with van der Waals surface area (Å²) in [6.07, 6.45) is 1.72. The highest BCUT2D eigenvalue weighted by atomic mass is 32.2. The van der Waals surface area contributed by atoms with E-state index in [1.165, 1.54) is 11.8 Å². The van der Waals surface area contributed by atoms with E-state index in [1.54, 1.807) is 25.4 Å². The van der Waals surface area contributed by atoms with Crippen LogP contribution in [-0.2, 0) is 4.79 Å². The number of methoxy groups -OCH3 is 1. The molecule has 26 heavy (non-hydrogen) atoms. The molecule has 0 aliphatic heterocycles. The Morgan fingerprint density at radius 1 is 1.12 bits per heavy atom. The van der Waals surface area contributed by atoms with Crippen molar-refractivity contribution in [3.63, 3.8) is 0 Å². The second kappa shape index (κ2) is 8.44. The SMILES string of the molecule is COc1ccccc1NC(=O)CSc1cc(-c2ccccn2)nc(C)n1. The average Bonchev–Trinajstić information content (AvgIpc) is 2.67. The van der Waals surface area contributed by atoms with Gasteiger partial charge in [-0.3, -0.25) is 9.78 Å². The fourth-order valence-corrected chi connectivity index (χ4v) is 3.08. The molecule has 1 N–H and O–H groups in total. The van der Waals surface area contributed by atoms with Crippen LogP contribution in [0.4, 0.5) is 5.69 Å². The molecule has 0 aliphatic carbocycles. The van der Waals surface area contributed by atoms with E-state index in [-0.39, 0.29) is 11.7 Å². The number of para-hydroxylation sites is 2.